The van der Waals surface area contributed by atoms with E-state index in [-0.39, 0.29) is 10.8 Å². The number of benzene rings is 1. The van der Waals surface area contributed by atoms with Gasteiger partial charge in [0.1, 0.15) is 0 Å². The lowest BCUT2D eigenvalue weighted by molar-refractivity contribution is 0.622. The van der Waals surface area contributed by atoms with Gasteiger partial charge in [0.25, 0.3) is 5.56 Å². The second-order valence-electron chi connectivity index (χ2n) is 3.96. The molecule has 0 atom stereocenters. The largest absolute Gasteiger partial charge is 0.318 e. The van der Waals surface area contributed by atoms with E-state index in [0.29, 0.717) is 24.0 Å². The number of fused-ring (bicyclic) bond motifs is 1. The first-order valence-corrected chi connectivity index (χ1v) is 5.82. The Kier molecular flexibility index (Phi) is 3.45. The summed E-state index contributed by atoms with van der Waals surface area (Å²) >= 11 is 6.01. The van der Waals surface area contributed by atoms with Crippen LogP contribution in [0.4, 0.5) is 0 Å². The van der Waals surface area contributed by atoms with Crippen molar-refractivity contribution in [1.29, 1.82) is 0 Å². The average Bonchev–Trinajstić information content (AvgIpc) is 2.30. The second-order valence-corrected chi connectivity index (χ2v) is 4.30. The maximum Gasteiger partial charge on any atom is 0.262 e. The van der Waals surface area contributed by atoms with Crippen LogP contribution < -0.4 is 10.9 Å². The highest BCUT2D eigenvalue weighted by molar-refractivity contribution is 6.28. The third-order valence-corrected chi connectivity index (χ3v) is 2.94. The number of aromatic nitrogens is 2. The maximum absolute atomic E-state index is 12.2. The topological polar surface area (TPSA) is 46.9 Å². The van der Waals surface area contributed by atoms with Crippen LogP contribution >= 0.6 is 11.6 Å². The zero-order valence-electron chi connectivity index (χ0n) is 9.83. The number of aryl methyl sites for hydroxylation is 1. The van der Waals surface area contributed by atoms with Gasteiger partial charge in [-0.2, -0.15) is 0 Å². The molecule has 0 fully saturated rings. The van der Waals surface area contributed by atoms with Crippen molar-refractivity contribution in [3.05, 3.63) is 39.4 Å². The van der Waals surface area contributed by atoms with E-state index in [1.165, 1.54) is 4.57 Å². The van der Waals surface area contributed by atoms with E-state index >= 15 is 0 Å². The van der Waals surface area contributed by atoms with Crippen LogP contribution in [0.25, 0.3) is 10.9 Å². The standard InChI is InChI=1S/C12H14ClN3O/c1-8-3-4-10-9(7-8)11(17)16(6-5-14-2)12(13)15-10/h3-4,7,14H,5-6H2,1-2H3. The van der Waals surface area contributed by atoms with Gasteiger partial charge >= 0.3 is 0 Å². The Morgan fingerprint density at radius 2 is 2.24 bits per heavy atom. The Labute approximate surface area is 104 Å². The number of halogens is 1. The van der Waals surface area contributed by atoms with E-state index in [2.05, 4.69) is 10.3 Å². The van der Waals surface area contributed by atoms with Crippen LogP contribution in [-0.2, 0) is 6.54 Å². The predicted octanol–water partition coefficient (Wildman–Crippen LogP) is 1.58. The second kappa shape index (κ2) is 4.85. The molecular weight excluding hydrogens is 238 g/mol. The number of likely N-dealkylation sites (N-methyl/N-ethyl adjacent to an activating group) is 1. The van der Waals surface area contributed by atoms with Crippen molar-refractivity contribution in [3.8, 4) is 0 Å². The molecular formula is C12H14ClN3O. The molecule has 0 radical (unpaired) electrons. The van der Waals surface area contributed by atoms with Crippen LogP contribution in [0.2, 0.25) is 5.28 Å². The van der Waals surface area contributed by atoms with Crippen LogP contribution in [0.15, 0.2) is 23.0 Å². The minimum Gasteiger partial charge on any atom is -0.318 e. The van der Waals surface area contributed by atoms with Crippen LogP contribution in [0, 0.1) is 6.92 Å². The Bertz CT molecular complexity index is 606. The van der Waals surface area contributed by atoms with Gasteiger partial charge in [0, 0.05) is 13.1 Å². The van der Waals surface area contributed by atoms with E-state index in [0.717, 1.165) is 5.56 Å². The molecule has 4 nitrogen and oxygen atoms in total. The summed E-state index contributed by atoms with van der Waals surface area (Å²) in [5.41, 5.74) is 1.60. The van der Waals surface area contributed by atoms with Crippen LogP contribution in [-0.4, -0.2) is 23.1 Å². The highest BCUT2D eigenvalue weighted by Gasteiger charge is 2.08. The molecule has 17 heavy (non-hydrogen) atoms. The first kappa shape index (κ1) is 12.1. The number of rotatable bonds is 3. The molecule has 1 N–H and O–H groups in total. The Morgan fingerprint density at radius 1 is 1.47 bits per heavy atom. The van der Waals surface area contributed by atoms with Crippen molar-refractivity contribution in [2.75, 3.05) is 13.6 Å². The van der Waals surface area contributed by atoms with Gasteiger partial charge in [-0.1, -0.05) is 11.6 Å². The zero-order valence-corrected chi connectivity index (χ0v) is 10.6. The molecule has 0 aliphatic carbocycles. The normalized spacial score (nSPS) is 11.0. The van der Waals surface area contributed by atoms with E-state index in [9.17, 15) is 4.79 Å². The van der Waals surface area contributed by atoms with Gasteiger partial charge in [-0.15, -0.1) is 0 Å². The molecule has 1 heterocycles. The molecule has 0 saturated heterocycles. The van der Waals surface area contributed by atoms with Crippen molar-refractivity contribution >= 4 is 22.5 Å². The molecule has 1 aromatic heterocycles. The lowest BCUT2D eigenvalue weighted by Crippen LogP contribution is -2.27. The third kappa shape index (κ3) is 2.33. The number of nitrogens with zero attached hydrogens (tertiary/aromatic N) is 2. The maximum atomic E-state index is 12.2. The molecule has 0 bridgehead atoms. The first-order chi connectivity index (χ1) is 8.13. The summed E-state index contributed by atoms with van der Waals surface area (Å²) in [7, 11) is 1.83. The van der Waals surface area contributed by atoms with Crippen molar-refractivity contribution in [2.45, 2.75) is 13.5 Å². The first-order valence-electron chi connectivity index (χ1n) is 5.45. The number of hydrogen-bond donors (Lipinski definition) is 1. The summed E-state index contributed by atoms with van der Waals surface area (Å²) < 4.78 is 1.49. The lowest BCUT2D eigenvalue weighted by Gasteiger charge is -2.09. The summed E-state index contributed by atoms with van der Waals surface area (Å²) in [6.07, 6.45) is 0. The molecule has 0 unspecified atom stereocenters. The van der Waals surface area contributed by atoms with Gasteiger partial charge in [0.05, 0.1) is 10.9 Å². The zero-order chi connectivity index (χ0) is 12.4. The van der Waals surface area contributed by atoms with Crippen LogP contribution in [0.5, 0.6) is 0 Å². The number of nitrogens with one attached hydrogen (secondary N) is 1. The van der Waals surface area contributed by atoms with Gasteiger partial charge in [0.2, 0.25) is 5.28 Å². The monoisotopic (exact) mass is 251 g/mol. The smallest absolute Gasteiger partial charge is 0.262 e. The lowest BCUT2D eigenvalue weighted by atomic mass is 10.2. The molecule has 90 valence electrons. The van der Waals surface area contributed by atoms with E-state index in [1.54, 1.807) is 0 Å². The quantitative estimate of drug-likeness (QED) is 0.843. The van der Waals surface area contributed by atoms with Crippen molar-refractivity contribution in [1.82, 2.24) is 14.9 Å². The molecule has 2 rings (SSSR count). The molecule has 0 amide bonds. The summed E-state index contributed by atoms with van der Waals surface area (Å²) in [5.74, 6) is 0. The molecule has 2 aromatic rings. The molecule has 0 aliphatic rings. The van der Waals surface area contributed by atoms with E-state index in [1.807, 2.05) is 32.2 Å². The summed E-state index contributed by atoms with van der Waals surface area (Å²) in [5, 5.41) is 3.84. The Morgan fingerprint density at radius 3 is 2.94 bits per heavy atom. The van der Waals surface area contributed by atoms with Gasteiger partial charge in [-0.3, -0.25) is 9.36 Å². The van der Waals surface area contributed by atoms with E-state index < -0.39 is 0 Å². The fourth-order valence-corrected chi connectivity index (χ4v) is 1.98. The van der Waals surface area contributed by atoms with Gasteiger partial charge in [0.15, 0.2) is 0 Å². The van der Waals surface area contributed by atoms with Crippen LogP contribution in [0.3, 0.4) is 0 Å². The summed E-state index contributed by atoms with van der Waals surface area (Å²) in [6.45, 7) is 3.15. The molecule has 1 aromatic carbocycles. The predicted molar refractivity (Wildman–Crippen MR) is 69.7 cm³/mol. The molecule has 0 aliphatic heterocycles. The Balaban J connectivity index is 2.65. The fourth-order valence-electron chi connectivity index (χ4n) is 1.73. The number of hydrogen-bond acceptors (Lipinski definition) is 3. The van der Waals surface area contributed by atoms with Crippen molar-refractivity contribution < 1.29 is 0 Å². The highest BCUT2D eigenvalue weighted by Crippen LogP contribution is 2.13. The molecule has 5 heteroatoms. The van der Waals surface area contributed by atoms with Gasteiger partial charge in [-0.05, 0) is 37.7 Å². The third-order valence-electron chi connectivity index (χ3n) is 2.65. The molecule has 0 saturated carbocycles. The van der Waals surface area contributed by atoms with Crippen molar-refractivity contribution in [3.63, 3.8) is 0 Å². The SMILES string of the molecule is CNCCn1c(Cl)nc2ccc(C)cc2c1=O. The fraction of sp³-hybridized carbons (Fsp3) is 0.333. The average molecular weight is 252 g/mol. The van der Waals surface area contributed by atoms with Gasteiger partial charge in [-0.25, -0.2) is 4.98 Å². The summed E-state index contributed by atoms with van der Waals surface area (Å²) in [4.78, 5) is 16.4. The minimum atomic E-state index is -0.0843. The highest BCUT2D eigenvalue weighted by atomic mass is 35.5. The van der Waals surface area contributed by atoms with E-state index in [4.69, 9.17) is 11.6 Å². The van der Waals surface area contributed by atoms with Crippen molar-refractivity contribution in [2.24, 2.45) is 0 Å². The minimum absolute atomic E-state index is 0.0843. The molecule has 0 spiro atoms. The Hall–Kier alpha value is -1.39. The summed E-state index contributed by atoms with van der Waals surface area (Å²) in [6, 6.07) is 5.58. The van der Waals surface area contributed by atoms with Gasteiger partial charge < -0.3 is 5.32 Å². The van der Waals surface area contributed by atoms with Crippen LogP contribution in [0.1, 0.15) is 5.56 Å².